The zero-order valence-electron chi connectivity index (χ0n) is 12.2. The predicted octanol–water partition coefficient (Wildman–Crippen LogP) is 2.28. The van der Waals surface area contributed by atoms with Gasteiger partial charge in [-0.2, -0.15) is 13.2 Å². The van der Waals surface area contributed by atoms with Crippen LogP contribution in [0.3, 0.4) is 0 Å². The van der Waals surface area contributed by atoms with Crippen molar-refractivity contribution in [2.24, 2.45) is 0 Å². The first-order valence-corrected chi connectivity index (χ1v) is 6.99. The summed E-state index contributed by atoms with van der Waals surface area (Å²) >= 11 is 0. The van der Waals surface area contributed by atoms with Crippen LogP contribution in [-0.4, -0.2) is 48.4 Å². The maximum atomic E-state index is 10.6. The molecule has 3 rings (SSSR count). The molecule has 0 atom stereocenters. The number of hydrogen-bond donors (Lipinski definition) is 2. The van der Waals surface area contributed by atoms with Crippen molar-refractivity contribution in [2.75, 3.05) is 31.1 Å². The number of aromatic nitrogens is 1. The lowest BCUT2D eigenvalue weighted by Gasteiger charge is -2.29. The third-order valence-corrected chi connectivity index (χ3v) is 3.31. The van der Waals surface area contributed by atoms with Crippen molar-refractivity contribution in [1.82, 2.24) is 10.3 Å². The van der Waals surface area contributed by atoms with E-state index in [0.717, 1.165) is 32.0 Å². The second-order valence-electron chi connectivity index (χ2n) is 4.90. The van der Waals surface area contributed by atoms with E-state index >= 15 is 0 Å². The minimum Gasteiger partial charge on any atom is -0.475 e. The van der Waals surface area contributed by atoms with Crippen molar-refractivity contribution < 1.29 is 23.1 Å². The lowest BCUT2D eigenvalue weighted by atomic mass is 10.1. The van der Waals surface area contributed by atoms with Crippen molar-refractivity contribution in [2.45, 2.75) is 6.18 Å². The fraction of sp³-hybridized carbons (Fsp3) is 0.333. The highest BCUT2D eigenvalue weighted by molar-refractivity contribution is 5.92. The smallest absolute Gasteiger partial charge is 0.475 e. The van der Waals surface area contributed by atoms with Crippen LogP contribution in [0.2, 0.25) is 0 Å². The van der Waals surface area contributed by atoms with Crippen LogP contribution in [0.15, 0.2) is 36.5 Å². The molecule has 2 N–H and O–H groups in total. The van der Waals surface area contributed by atoms with Gasteiger partial charge in [0, 0.05) is 37.8 Å². The summed E-state index contributed by atoms with van der Waals surface area (Å²) in [4.78, 5) is 15.8. The standard InChI is InChI=1S/C13H15N3.C2HF3O2/c1-2-4-12-11(3-1)5-6-15-13(12)16-9-7-14-8-10-16;3-2(4,5)1(6)7/h1-6,14H,7-10H2;(H,6,7). The van der Waals surface area contributed by atoms with Gasteiger partial charge in [-0.3, -0.25) is 0 Å². The largest absolute Gasteiger partial charge is 0.490 e. The molecule has 0 bridgehead atoms. The van der Waals surface area contributed by atoms with E-state index in [1.54, 1.807) is 0 Å². The fourth-order valence-corrected chi connectivity index (χ4v) is 2.23. The number of rotatable bonds is 1. The summed E-state index contributed by atoms with van der Waals surface area (Å²) in [6.45, 7) is 4.18. The lowest BCUT2D eigenvalue weighted by molar-refractivity contribution is -0.192. The number of carboxylic acids is 1. The van der Waals surface area contributed by atoms with Crippen LogP contribution in [0, 0.1) is 0 Å². The Morgan fingerprint density at radius 3 is 2.39 bits per heavy atom. The molecule has 8 heteroatoms. The Morgan fingerprint density at radius 1 is 1.17 bits per heavy atom. The van der Waals surface area contributed by atoms with Gasteiger partial charge in [-0.1, -0.05) is 24.3 Å². The van der Waals surface area contributed by atoms with Gasteiger partial charge in [0.2, 0.25) is 0 Å². The number of anilines is 1. The van der Waals surface area contributed by atoms with Crippen LogP contribution in [0.4, 0.5) is 19.0 Å². The van der Waals surface area contributed by atoms with Crippen molar-refractivity contribution in [3.8, 4) is 0 Å². The number of fused-ring (bicyclic) bond motifs is 1. The van der Waals surface area contributed by atoms with Gasteiger partial charge in [0.05, 0.1) is 0 Å². The quantitative estimate of drug-likeness (QED) is 0.841. The Kier molecular flexibility index (Phi) is 5.38. The van der Waals surface area contributed by atoms with Crippen LogP contribution in [-0.2, 0) is 4.79 Å². The topological polar surface area (TPSA) is 65.5 Å². The normalized spacial score (nSPS) is 15.0. The molecule has 2 heterocycles. The van der Waals surface area contributed by atoms with E-state index in [1.165, 1.54) is 10.8 Å². The number of carboxylic acid groups (broad SMARTS) is 1. The molecule has 5 nitrogen and oxygen atoms in total. The highest BCUT2D eigenvalue weighted by Crippen LogP contribution is 2.24. The van der Waals surface area contributed by atoms with E-state index in [1.807, 2.05) is 6.20 Å². The number of alkyl halides is 3. The summed E-state index contributed by atoms with van der Waals surface area (Å²) in [5.74, 6) is -1.63. The summed E-state index contributed by atoms with van der Waals surface area (Å²) in [6.07, 6.45) is -3.18. The highest BCUT2D eigenvalue weighted by atomic mass is 19.4. The van der Waals surface area contributed by atoms with Gasteiger partial charge in [-0.15, -0.1) is 0 Å². The minimum absolute atomic E-state index is 1.04. The summed E-state index contributed by atoms with van der Waals surface area (Å²) in [6, 6.07) is 10.5. The molecule has 0 saturated carbocycles. The van der Waals surface area contributed by atoms with Crippen LogP contribution < -0.4 is 10.2 Å². The van der Waals surface area contributed by atoms with Crippen molar-refractivity contribution >= 4 is 22.6 Å². The Morgan fingerprint density at radius 2 is 1.78 bits per heavy atom. The Balaban J connectivity index is 0.000000236. The summed E-state index contributed by atoms with van der Waals surface area (Å²) < 4.78 is 31.7. The molecule has 0 aliphatic carbocycles. The molecular formula is C15H16F3N3O2. The molecule has 1 aromatic carbocycles. The molecule has 1 fully saturated rings. The number of aliphatic carboxylic acids is 1. The third-order valence-electron chi connectivity index (χ3n) is 3.31. The summed E-state index contributed by atoms with van der Waals surface area (Å²) in [5, 5.41) is 13.0. The molecule has 23 heavy (non-hydrogen) atoms. The zero-order valence-corrected chi connectivity index (χ0v) is 12.2. The van der Waals surface area contributed by atoms with Gasteiger partial charge in [0.1, 0.15) is 5.82 Å². The van der Waals surface area contributed by atoms with Gasteiger partial charge < -0.3 is 15.3 Å². The Labute approximate surface area is 130 Å². The molecule has 0 spiro atoms. The number of nitrogens with zero attached hydrogens (tertiary/aromatic N) is 2. The minimum atomic E-state index is -5.08. The number of halogens is 3. The number of benzene rings is 1. The maximum absolute atomic E-state index is 10.6. The zero-order chi connectivity index (χ0) is 16.9. The van der Waals surface area contributed by atoms with Crippen molar-refractivity contribution in [1.29, 1.82) is 0 Å². The number of hydrogen-bond acceptors (Lipinski definition) is 4. The second kappa shape index (κ2) is 7.28. The molecule has 0 unspecified atom stereocenters. The van der Waals surface area contributed by atoms with Crippen LogP contribution >= 0.6 is 0 Å². The monoisotopic (exact) mass is 327 g/mol. The first-order valence-electron chi connectivity index (χ1n) is 6.99. The average Bonchev–Trinajstić information content (AvgIpc) is 2.55. The number of piperazine rings is 1. The Hall–Kier alpha value is -2.35. The molecule has 1 aliphatic heterocycles. The van der Waals surface area contributed by atoms with E-state index < -0.39 is 12.1 Å². The van der Waals surface area contributed by atoms with Crippen molar-refractivity contribution in [3.05, 3.63) is 36.5 Å². The molecule has 124 valence electrons. The predicted molar refractivity (Wildman–Crippen MR) is 80.5 cm³/mol. The van der Waals surface area contributed by atoms with E-state index in [4.69, 9.17) is 9.90 Å². The molecule has 1 aliphatic rings. The van der Waals surface area contributed by atoms with Crippen LogP contribution in [0.1, 0.15) is 0 Å². The van der Waals surface area contributed by atoms with Gasteiger partial charge in [-0.05, 0) is 11.5 Å². The lowest BCUT2D eigenvalue weighted by Crippen LogP contribution is -2.43. The van der Waals surface area contributed by atoms with Gasteiger partial charge in [-0.25, -0.2) is 9.78 Å². The SMILES string of the molecule is O=C(O)C(F)(F)F.c1ccc2c(N3CCNCC3)nccc2c1. The highest BCUT2D eigenvalue weighted by Gasteiger charge is 2.38. The average molecular weight is 327 g/mol. The van der Waals surface area contributed by atoms with Crippen molar-refractivity contribution in [3.63, 3.8) is 0 Å². The molecule has 2 aromatic rings. The van der Waals surface area contributed by atoms with E-state index in [2.05, 4.69) is 45.5 Å². The van der Waals surface area contributed by atoms with Gasteiger partial charge >= 0.3 is 12.1 Å². The van der Waals surface area contributed by atoms with Crippen LogP contribution in [0.5, 0.6) is 0 Å². The molecule has 0 radical (unpaired) electrons. The van der Waals surface area contributed by atoms with Gasteiger partial charge in [0.15, 0.2) is 0 Å². The first kappa shape index (κ1) is 17.0. The Bertz CT molecular complexity index is 665. The van der Waals surface area contributed by atoms with Crippen LogP contribution in [0.25, 0.3) is 10.8 Å². The third kappa shape index (κ3) is 4.56. The molecular weight excluding hydrogens is 311 g/mol. The number of carbonyl (C=O) groups is 1. The summed E-state index contributed by atoms with van der Waals surface area (Å²) in [5.41, 5.74) is 0. The number of pyridine rings is 1. The number of nitrogens with one attached hydrogen (secondary N) is 1. The first-order chi connectivity index (χ1) is 10.9. The molecule has 0 amide bonds. The van der Waals surface area contributed by atoms with E-state index in [0.29, 0.717) is 0 Å². The van der Waals surface area contributed by atoms with Gasteiger partial charge in [0.25, 0.3) is 0 Å². The molecule has 1 saturated heterocycles. The van der Waals surface area contributed by atoms with E-state index in [-0.39, 0.29) is 0 Å². The fourth-order valence-electron chi connectivity index (χ4n) is 2.23. The maximum Gasteiger partial charge on any atom is 0.490 e. The second-order valence-corrected chi connectivity index (χ2v) is 4.90. The summed E-state index contributed by atoms with van der Waals surface area (Å²) in [7, 11) is 0. The molecule has 1 aromatic heterocycles. The van der Waals surface area contributed by atoms with E-state index in [9.17, 15) is 13.2 Å².